The van der Waals surface area contributed by atoms with Gasteiger partial charge in [0, 0.05) is 12.1 Å². The number of hydrogen-bond acceptors (Lipinski definition) is 8. The van der Waals surface area contributed by atoms with Crippen molar-refractivity contribution < 1.29 is 18.7 Å². The third-order valence-electron chi connectivity index (χ3n) is 3.59. The zero-order valence-corrected chi connectivity index (χ0v) is 16.5. The topological polar surface area (TPSA) is 85.4 Å². The average molecular weight is 439 g/mol. The number of halogens is 2. The Labute approximate surface area is 172 Å². The zero-order valence-electron chi connectivity index (χ0n) is 14.1. The summed E-state index contributed by atoms with van der Waals surface area (Å²) in [6, 6.07) is 9.49. The smallest absolute Gasteiger partial charge is 0.234 e. The van der Waals surface area contributed by atoms with Crippen LogP contribution in [0.4, 0.5) is 20.9 Å². The molecule has 7 nitrogen and oxygen atoms in total. The molecule has 0 radical (unpaired) electrons. The Morgan fingerprint density at radius 1 is 1.21 bits per heavy atom. The van der Waals surface area contributed by atoms with Crippen LogP contribution in [0.5, 0.6) is 11.5 Å². The van der Waals surface area contributed by atoms with E-state index in [9.17, 15) is 9.18 Å². The molecule has 0 bridgehead atoms. The molecule has 0 aliphatic carbocycles. The number of nitrogens with one attached hydrogen (secondary N) is 2. The van der Waals surface area contributed by atoms with E-state index < -0.39 is 0 Å². The molecule has 4 rings (SSSR count). The Kier molecular flexibility index (Phi) is 5.51. The maximum atomic E-state index is 13.7. The summed E-state index contributed by atoms with van der Waals surface area (Å²) in [7, 11) is 0. The predicted octanol–water partition coefficient (Wildman–Crippen LogP) is 4.53. The molecule has 0 spiro atoms. The van der Waals surface area contributed by atoms with Crippen molar-refractivity contribution in [3.05, 3.63) is 47.2 Å². The number of anilines is 3. The molecule has 0 saturated carbocycles. The fourth-order valence-electron chi connectivity index (χ4n) is 2.32. The number of nitrogens with zero attached hydrogens (tertiary/aromatic N) is 2. The summed E-state index contributed by atoms with van der Waals surface area (Å²) in [5.41, 5.74) is 0.751. The highest BCUT2D eigenvalue weighted by Crippen LogP contribution is 2.39. The summed E-state index contributed by atoms with van der Waals surface area (Å²) in [6.07, 6.45) is 0. The van der Waals surface area contributed by atoms with Crippen LogP contribution in [0.25, 0.3) is 0 Å². The molecule has 0 saturated heterocycles. The van der Waals surface area contributed by atoms with Crippen molar-refractivity contribution in [1.82, 2.24) is 10.2 Å². The maximum Gasteiger partial charge on any atom is 0.234 e. The number of thioether (sulfide) groups is 1. The molecular weight excluding hydrogens is 427 g/mol. The lowest BCUT2D eigenvalue weighted by Gasteiger charge is -2.07. The van der Waals surface area contributed by atoms with Crippen LogP contribution in [0, 0.1) is 5.82 Å². The molecule has 0 fully saturated rings. The van der Waals surface area contributed by atoms with Crippen LogP contribution >= 0.6 is 34.7 Å². The van der Waals surface area contributed by atoms with Crippen molar-refractivity contribution >= 4 is 57.1 Å². The van der Waals surface area contributed by atoms with E-state index in [1.54, 1.807) is 30.3 Å². The van der Waals surface area contributed by atoms with Gasteiger partial charge >= 0.3 is 0 Å². The molecular formula is C17H12ClFN4O3S2. The number of carbonyl (C=O) groups is 1. The fourth-order valence-corrected chi connectivity index (χ4v) is 4.09. The van der Waals surface area contributed by atoms with Crippen molar-refractivity contribution in [2.75, 3.05) is 23.2 Å². The largest absolute Gasteiger partial charge is 0.454 e. The van der Waals surface area contributed by atoms with E-state index in [4.69, 9.17) is 21.1 Å². The molecule has 1 aliphatic rings. The van der Waals surface area contributed by atoms with Crippen LogP contribution in [0.1, 0.15) is 0 Å². The Morgan fingerprint density at radius 3 is 2.82 bits per heavy atom. The molecule has 0 unspecified atom stereocenters. The van der Waals surface area contributed by atoms with E-state index in [1.807, 2.05) is 0 Å². The van der Waals surface area contributed by atoms with Gasteiger partial charge in [-0.15, -0.1) is 10.2 Å². The SMILES string of the molecule is O=C(CSc1nnc(Nc2ccccc2F)s1)Nc1cc2c(cc1Cl)OCO2. The first-order valence-corrected chi connectivity index (χ1v) is 10.1. The monoisotopic (exact) mass is 438 g/mol. The first kappa shape index (κ1) is 18.8. The second-order valence-electron chi connectivity index (χ2n) is 5.50. The highest BCUT2D eigenvalue weighted by Gasteiger charge is 2.18. The van der Waals surface area contributed by atoms with Gasteiger partial charge in [0.2, 0.25) is 17.8 Å². The number of hydrogen-bond donors (Lipinski definition) is 2. The van der Waals surface area contributed by atoms with Gasteiger partial charge in [0.25, 0.3) is 0 Å². The summed E-state index contributed by atoms with van der Waals surface area (Å²) in [6.45, 7) is 0.124. The van der Waals surface area contributed by atoms with Gasteiger partial charge in [0.1, 0.15) is 5.82 Å². The lowest BCUT2D eigenvalue weighted by Crippen LogP contribution is -2.14. The number of amides is 1. The van der Waals surface area contributed by atoms with E-state index in [1.165, 1.54) is 29.2 Å². The maximum absolute atomic E-state index is 13.7. The summed E-state index contributed by atoms with van der Waals surface area (Å²) in [5, 5.41) is 14.3. The Morgan fingerprint density at radius 2 is 2.00 bits per heavy atom. The van der Waals surface area contributed by atoms with Gasteiger partial charge in [0.15, 0.2) is 15.8 Å². The van der Waals surface area contributed by atoms with E-state index >= 15 is 0 Å². The predicted molar refractivity (Wildman–Crippen MR) is 107 cm³/mol. The second-order valence-corrected chi connectivity index (χ2v) is 8.11. The standard InChI is InChI=1S/C17H12ClFN4O3S2/c18-9-5-13-14(26-8-25-13)6-12(9)20-15(24)7-27-17-23-22-16(28-17)21-11-4-2-1-3-10(11)19/h1-6H,7-8H2,(H,20,24)(H,21,22). The zero-order chi connectivity index (χ0) is 19.5. The van der Waals surface area contributed by atoms with Crippen LogP contribution < -0.4 is 20.1 Å². The molecule has 144 valence electrons. The summed E-state index contributed by atoms with van der Waals surface area (Å²) in [4.78, 5) is 12.2. The highest BCUT2D eigenvalue weighted by atomic mass is 35.5. The van der Waals surface area contributed by atoms with Gasteiger partial charge in [-0.1, -0.05) is 46.8 Å². The molecule has 2 aromatic carbocycles. The van der Waals surface area contributed by atoms with E-state index in [0.29, 0.717) is 37.4 Å². The lowest BCUT2D eigenvalue weighted by atomic mass is 10.2. The molecule has 1 amide bonds. The van der Waals surface area contributed by atoms with E-state index in [2.05, 4.69) is 20.8 Å². The van der Waals surface area contributed by atoms with Crippen molar-refractivity contribution in [2.24, 2.45) is 0 Å². The number of fused-ring (bicyclic) bond motifs is 1. The quantitative estimate of drug-likeness (QED) is 0.546. The molecule has 28 heavy (non-hydrogen) atoms. The Balaban J connectivity index is 1.33. The number of ether oxygens (including phenoxy) is 2. The highest BCUT2D eigenvalue weighted by molar-refractivity contribution is 8.01. The minimum atomic E-state index is -0.383. The van der Waals surface area contributed by atoms with Crippen LogP contribution in [0.2, 0.25) is 5.02 Å². The van der Waals surface area contributed by atoms with Crippen molar-refractivity contribution in [3.8, 4) is 11.5 Å². The molecule has 11 heteroatoms. The molecule has 2 N–H and O–H groups in total. The van der Waals surface area contributed by atoms with Gasteiger partial charge < -0.3 is 20.1 Å². The summed E-state index contributed by atoms with van der Waals surface area (Å²) < 4.78 is 24.7. The van der Waals surface area contributed by atoms with Crippen LogP contribution in [-0.4, -0.2) is 28.7 Å². The van der Waals surface area contributed by atoms with Crippen LogP contribution in [0.3, 0.4) is 0 Å². The molecule has 3 aromatic rings. The van der Waals surface area contributed by atoms with Crippen molar-refractivity contribution in [2.45, 2.75) is 4.34 Å². The molecule has 0 atom stereocenters. The normalized spacial score (nSPS) is 12.1. The van der Waals surface area contributed by atoms with Gasteiger partial charge in [-0.3, -0.25) is 4.79 Å². The van der Waals surface area contributed by atoms with Gasteiger partial charge in [-0.2, -0.15) is 0 Å². The second kappa shape index (κ2) is 8.21. The number of carbonyl (C=O) groups excluding carboxylic acids is 1. The van der Waals surface area contributed by atoms with E-state index in [-0.39, 0.29) is 24.3 Å². The number of rotatable bonds is 6. The van der Waals surface area contributed by atoms with Crippen molar-refractivity contribution in [1.29, 1.82) is 0 Å². The summed E-state index contributed by atoms with van der Waals surface area (Å²) in [5.74, 6) is 0.539. The third-order valence-corrected chi connectivity index (χ3v) is 5.87. The summed E-state index contributed by atoms with van der Waals surface area (Å²) >= 11 is 8.59. The minimum absolute atomic E-state index is 0.110. The number of para-hydroxylation sites is 1. The fraction of sp³-hybridized carbons (Fsp3) is 0.118. The third kappa shape index (κ3) is 4.29. The molecule has 1 aliphatic heterocycles. The van der Waals surface area contributed by atoms with Crippen LogP contribution in [-0.2, 0) is 4.79 Å². The Hall–Kier alpha value is -2.56. The lowest BCUT2D eigenvalue weighted by molar-refractivity contribution is -0.113. The van der Waals surface area contributed by atoms with Gasteiger partial charge in [0.05, 0.1) is 22.2 Å². The molecule has 2 heterocycles. The average Bonchev–Trinajstić information content (AvgIpc) is 3.31. The van der Waals surface area contributed by atoms with Gasteiger partial charge in [-0.05, 0) is 12.1 Å². The first-order chi connectivity index (χ1) is 13.6. The van der Waals surface area contributed by atoms with E-state index in [0.717, 1.165) is 0 Å². The number of benzene rings is 2. The molecule has 1 aromatic heterocycles. The van der Waals surface area contributed by atoms with Crippen LogP contribution in [0.15, 0.2) is 40.7 Å². The first-order valence-electron chi connectivity index (χ1n) is 7.95. The van der Waals surface area contributed by atoms with Gasteiger partial charge in [-0.25, -0.2) is 4.39 Å². The number of aromatic nitrogens is 2. The van der Waals surface area contributed by atoms with Crippen molar-refractivity contribution in [3.63, 3.8) is 0 Å². The Bertz CT molecular complexity index is 1030. The minimum Gasteiger partial charge on any atom is -0.454 e.